The van der Waals surface area contributed by atoms with E-state index in [4.69, 9.17) is 17.3 Å². The number of hydrogen-bond acceptors (Lipinski definition) is 3. The van der Waals surface area contributed by atoms with Gasteiger partial charge in [-0.15, -0.1) is 0 Å². The largest absolute Gasteiger partial charge is 0.334 e. The lowest BCUT2D eigenvalue weighted by Crippen LogP contribution is -2.47. The summed E-state index contributed by atoms with van der Waals surface area (Å²) in [6.07, 6.45) is 6.54. The Morgan fingerprint density at radius 1 is 1.22 bits per heavy atom. The number of pyridine rings is 1. The molecule has 0 bridgehead atoms. The summed E-state index contributed by atoms with van der Waals surface area (Å²) in [5.74, 6) is 0.0171. The average Bonchev–Trinajstić information content (AvgIpc) is 2.62. The number of carbonyl (C=O) groups excluding carboxylic acids is 1. The second-order valence-electron chi connectivity index (χ2n) is 5.85. The van der Waals surface area contributed by atoms with E-state index in [0.29, 0.717) is 17.1 Å². The first-order valence-corrected chi connectivity index (χ1v) is 8.29. The van der Waals surface area contributed by atoms with E-state index < -0.39 is 0 Å². The third-order valence-electron chi connectivity index (χ3n) is 4.32. The number of nitrogens with two attached hydrogens (primary N) is 1. The van der Waals surface area contributed by atoms with E-state index in [1.165, 1.54) is 0 Å². The predicted molar refractivity (Wildman–Crippen MR) is 92.4 cm³/mol. The molecule has 1 amide bonds. The second kappa shape index (κ2) is 7.11. The molecule has 0 radical (unpaired) electrons. The number of benzene rings is 1. The Hall–Kier alpha value is -1.91. The fourth-order valence-electron chi connectivity index (χ4n) is 3.04. The molecule has 2 N–H and O–H groups in total. The van der Waals surface area contributed by atoms with Gasteiger partial charge in [0, 0.05) is 42.1 Å². The van der Waals surface area contributed by atoms with Gasteiger partial charge in [0.05, 0.1) is 5.56 Å². The summed E-state index contributed by atoms with van der Waals surface area (Å²) in [5.41, 5.74) is 8.33. The Bertz CT molecular complexity index is 687. The summed E-state index contributed by atoms with van der Waals surface area (Å²) in [6, 6.07) is 9.55. The number of halogens is 1. The molecule has 1 aromatic heterocycles. The van der Waals surface area contributed by atoms with Crippen LogP contribution in [0.1, 0.15) is 29.6 Å². The van der Waals surface area contributed by atoms with Crippen LogP contribution < -0.4 is 5.73 Å². The van der Waals surface area contributed by atoms with Gasteiger partial charge in [-0.25, -0.2) is 0 Å². The summed E-state index contributed by atoms with van der Waals surface area (Å²) in [5, 5.41) is 0.688. The van der Waals surface area contributed by atoms with Gasteiger partial charge in [-0.2, -0.15) is 0 Å². The molecule has 1 fully saturated rings. The quantitative estimate of drug-likeness (QED) is 0.939. The molecule has 1 unspecified atom stereocenters. The van der Waals surface area contributed by atoms with Crippen LogP contribution >= 0.6 is 11.6 Å². The second-order valence-corrected chi connectivity index (χ2v) is 6.29. The predicted octanol–water partition coefficient (Wildman–Crippen LogP) is 3.36. The van der Waals surface area contributed by atoms with Crippen molar-refractivity contribution >= 4 is 17.5 Å². The van der Waals surface area contributed by atoms with E-state index in [2.05, 4.69) is 4.98 Å². The van der Waals surface area contributed by atoms with Crippen LogP contribution in [0.2, 0.25) is 5.02 Å². The van der Waals surface area contributed by atoms with Crippen LogP contribution in [0.4, 0.5) is 0 Å². The topological polar surface area (TPSA) is 59.2 Å². The van der Waals surface area contributed by atoms with Crippen LogP contribution in [0.5, 0.6) is 0 Å². The minimum Gasteiger partial charge on any atom is -0.334 e. The standard InChI is InChI=1S/C18H20ClN3O/c19-16-6-4-13(5-7-16)14-9-15(12-21-11-14)18(23)22-8-2-1-3-17(22)10-20/h4-7,9,11-12,17H,1-3,8,10,20H2. The van der Waals surface area contributed by atoms with Crippen LogP contribution in [0.15, 0.2) is 42.7 Å². The summed E-state index contributed by atoms with van der Waals surface area (Å²) >= 11 is 5.93. The molecular weight excluding hydrogens is 310 g/mol. The van der Waals surface area contributed by atoms with Gasteiger partial charge in [0.15, 0.2) is 0 Å². The zero-order chi connectivity index (χ0) is 16.2. The van der Waals surface area contributed by atoms with E-state index in [-0.39, 0.29) is 11.9 Å². The molecule has 0 saturated carbocycles. The Labute approximate surface area is 141 Å². The SMILES string of the molecule is NCC1CCCCN1C(=O)c1cncc(-c2ccc(Cl)cc2)c1. The van der Waals surface area contributed by atoms with Crippen molar-refractivity contribution in [1.82, 2.24) is 9.88 Å². The van der Waals surface area contributed by atoms with Gasteiger partial charge in [0.25, 0.3) is 5.91 Å². The van der Waals surface area contributed by atoms with Crippen molar-refractivity contribution < 1.29 is 4.79 Å². The first kappa shape index (κ1) is 16.0. The van der Waals surface area contributed by atoms with Gasteiger partial charge in [0.2, 0.25) is 0 Å². The maximum atomic E-state index is 12.8. The third kappa shape index (κ3) is 3.54. The maximum Gasteiger partial charge on any atom is 0.255 e. The molecule has 0 aliphatic carbocycles. The van der Waals surface area contributed by atoms with Crippen molar-refractivity contribution in [2.75, 3.05) is 13.1 Å². The van der Waals surface area contributed by atoms with Crippen molar-refractivity contribution in [3.05, 3.63) is 53.3 Å². The molecule has 4 nitrogen and oxygen atoms in total. The number of piperidine rings is 1. The molecule has 2 aromatic rings. The highest BCUT2D eigenvalue weighted by atomic mass is 35.5. The Kier molecular flexibility index (Phi) is 4.94. The minimum atomic E-state index is 0.0171. The molecule has 0 spiro atoms. The van der Waals surface area contributed by atoms with Gasteiger partial charge in [-0.05, 0) is 43.0 Å². The number of rotatable bonds is 3. The number of aromatic nitrogens is 1. The van der Waals surface area contributed by atoms with Gasteiger partial charge in [-0.3, -0.25) is 9.78 Å². The lowest BCUT2D eigenvalue weighted by atomic mass is 10.0. The Morgan fingerprint density at radius 2 is 2.00 bits per heavy atom. The van der Waals surface area contributed by atoms with Gasteiger partial charge >= 0.3 is 0 Å². The monoisotopic (exact) mass is 329 g/mol. The molecule has 2 heterocycles. The summed E-state index contributed by atoms with van der Waals surface area (Å²) in [7, 11) is 0. The van der Waals surface area contributed by atoms with Crippen LogP contribution in [-0.2, 0) is 0 Å². The lowest BCUT2D eigenvalue weighted by Gasteiger charge is -2.35. The number of amides is 1. The van der Waals surface area contributed by atoms with Gasteiger partial charge < -0.3 is 10.6 Å². The maximum absolute atomic E-state index is 12.8. The fourth-order valence-corrected chi connectivity index (χ4v) is 3.16. The Balaban J connectivity index is 1.86. The highest BCUT2D eigenvalue weighted by Crippen LogP contribution is 2.24. The number of hydrogen-bond donors (Lipinski definition) is 1. The Morgan fingerprint density at radius 3 is 2.74 bits per heavy atom. The van der Waals surface area contributed by atoms with Crippen molar-refractivity contribution in [1.29, 1.82) is 0 Å². The van der Waals surface area contributed by atoms with E-state index in [9.17, 15) is 4.79 Å². The average molecular weight is 330 g/mol. The summed E-state index contributed by atoms with van der Waals surface area (Å²) in [4.78, 5) is 18.9. The molecule has 1 aliphatic heterocycles. The van der Waals surface area contributed by atoms with Crippen molar-refractivity contribution in [3.8, 4) is 11.1 Å². The number of nitrogens with zero attached hydrogens (tertiary/aromatic N) is 2. The number of likely N-dealkylation sites (tertiary alicyclic amines) is 1. The van der Waals surface area contributed by atoms with Crippen molar-refractivity contribution in [2.45, 2.75) is 25.3 Å². The highest BCUT2D eigenvalue weighted by Gasteiger charge is 2.26. The molecule has 1 aromatic carbocycles. The first-order chi connectivity index (χ1) is 11.2. The van der Waals surface area contributed by atoms with Gasteiger partial charge in [0.1, 0.15) is 0 Å². The molecule has 5 heteroatoms. The van der Waals surface area contributed by atoms with E-state index >= 15 is 0 Å². The summed E-state index contributed by atoms with van der Waals surface area (Å²) < 4.78 is 0. The zero-order valence-corrected chi connectivity index (χ0v) is 13.7. The van der Waals surface area contributed by atoms with Crippen LogP contribution in [0.3, 0.4) is 0 Å². The zero-order valence-electron chi connectivity index (χ0n) is 12.9. The molecular formula is C18H20ClN3O. The van der Waals surface area contributed by atoms with E-state index in [0.717, 1.165) is 36.9 Å². The normalized spacial score (nSPS) is 18.0. The molecule has 23 heavy (non-hydrogen) atoms. The van der Waals surface area contributed by atoms with Crippen LogP contribution in [0.25, 0.3) is 11.1 Å². The molecule has 1 saturated heterocycles. The van der Waals surface area contributed by atoms with Crippen molar-refractivity contribution in [3.63, 3.8) is 0 Å². The van der Waals surface area contributed by atoms with Gasteiger partial charge in [-0.1, -0.05) is 23.7 Å². The number of carbonyl (C=O) groups is 1. The summed E-state index contributed by atoms with van der Waals surface area (Å²) in [6.45, 7) is 1.28. The first-order valence-electron chi connectivity index (χ1n) is 7.91. The van der Waals surface area contributed by atoms with Crippen LogP contribution in [-0.4, -0.2) is 34.9 Å². The third-order valence-corrected chi connectivity index (χ3v) is 4.57. The minimum absolute atomic E-state index is 0.0171. The smallest absolute Gasteiger partial charge is 0.255 e. The lowest BCUT2D eigenvalue weighted by molar-refractivity contribution is 0.0623. The fraction of sp³-hybridized carbons (Fsp3) is 0.333. The molecule has 3 rings (SSSR count). The molecule has 120 valence electrons. The van der Waals surface area contributed by atoms with E-state index in [1.807, 2.05) is 35.2 Å². The van der Waals surface area contributed by atoms with Crippen LogP contribution in [0, 0.1) is 0 Å². The highest BCUT2D eigenvalue weighted by molar-refractivity contribution is 6.30. The molecule has 1 aliphatic rings. The molecule has 1 atom stereocenters. The van der Waals surface area contributed by atoms with E-state index in [1.54, 1.807) is 12.4 Å². The van der Waals surface area contributed by atoms with Crippen molar-refractivity contribution in [2.24, 2.45) is 5.73 Å².